The molecular formula is C19H24N2O3. The average Bonchev–Trinajstić information content (AvgIpc) is 2.97. The van der Waals surface area contributed by atoms with E-state index in [0.29, 0.717) is 17.4 Å². The van der Waals surface area contributed by atoms with E-state index < -0.39 is 0 Å². The van der Waals surface area contributed by atoms with Crippen molar-refractivity contribution in [1.29, 1.82) is 0 Å². The summed E-state index contributed by atoms with van der Waals surface area (Å²) in [5.41, 5.74) is 5.27. The minimum absolute atomic E-state index is 0.0862. The number of carbonyl (C=O) groups excluding carboxylic acids is 1. The number of ether oxygens (including phenoxy) is 1. The Kier molecular flexibility index (Phi) is 5.79. The number of hydrogen-bond acceptors (Lipinski definition) is 4. The maximum absolute atomic E-state index is 11.9. The van der Waals surface area contributed by atoms with Crippen molar-refractivity contribution >= 4 is 11.6 Å². The van der Waals surface area contributed by atoms with Crippen LogP contribution in [-0.4, -0.2) is 18.2 Å². The molecule has 24 heavy (non-hydrogen) atoms. The van der Waals surface area contributed by atoms with Crippen molar-refractivity contribution in [2.45, 2.75) is 40.5 Å². The summed E-state index contributed by atoms with van der Waals surface area (Å²) in [6.45, 7) is 9.73. The third-order valence-corrected chi connectivity index (χ3v) is 3.60. The maximum Gasteiger partial charge on any atom is 0.277 e. The van der Waals surface area contributed by atoms with Crippen LogP contribution in [0.1, 0.15) is 49.3 Å². The first kappa shape index (κ1) is 17.8. The molecule has 1 N–H and O–H groups in total. The van der Waals surface area contributed by atoms with Crippen LogP contribution in [0.3, 0.4) is 0 Å². The second-order valence-corrected chi connectivity index (χ2v) is 6.13. The van der Waals surface area contributed by atoms with Gasteiger partial charge in [0, 0.05) is 0 Å². The van der Waals surface area contributed by atoms with E-state index in [0.717, 1.165) is 22.6 Å². The zero-order chi connectivity index (χ0) is 17.7. The van der Waals surface area contributed by atoms with Gasteiger partial charge in [-0.25, -0.2) is 5.43 Å². The highest BCUT2D eigenvalue weighted by molar-refractivity contribution is 5.96. The van der Waals surface area contributed by atoms with Crippen molar-refractivity contribution in [2.24, 2.45) is 5.10 Å². The van der Waals surface area contributed by atoms with Gasteiger partial charge in [0.25, 0.3) is 5.91 Å². The zero-order valence-corrected chi connectivity index (χ0v) is 14.8. The van der Waals surface area contributed by atoms with E-state index in [1.807, 2.05) is 44.2 Å². The third-order valence-electron chi connectivity index (χ3n) is 3.60. The van der Waals surface area contributed by atoms with Crippen molar-refractivity contribution in [3.05, 3.63) is 53.0 Å². The first-order chi connectivity index (χ1) is 11.4. The summed E-state index contributed by atoms with van der Waals surface area (Å²) >= 11 is 0. The van der Waals surface area contributed by atoms with Gasteiger partial charge in [0.15, 0.2) is 6.61 Å². The van der Waals surface area contributed by atoms with Crippen molar-refractivity contribution in [2.75, 3.05) is 6.61 Å². The lowest BCUT2D eigenvalue weighted by Gasteiger charge is -2.14. The summed E-state index contributed by atoms with van der Waals surface area (Å²) in [6, 6.07) is 9.70. The second-order valence-electron chi connectivity index (χ2n) is 6.13. The van der Waals surface area contributed by atoms with Gasteiger partial charge in [-0.1, -0.05) is 26.0 Å². The monoisotopic (exact) mass is 328 g/mol. The van der Waals surface area contributed by atoms with Crippen LogP contribution in [0.15, 0.2) is 39.9 Å². The molecular weight excluding hydrogens is 304 g/mol. The van der Waals surface area contributed by atoms with Crippen LogP contribution in [0, 0.1) is 13.8 Å². The third kappa shape index (κ3) is 4.72. The molecule has 0 radical (unpaired) electrons. The molecule has 0 spiro atoms. The Bertz CT molecular complexity index is 745. The number of aryl methyl sites for hydroxylation is 2. The van der Waals surface area contributed by atoms with Gasteiger partial charge in [-0.05, 0) is 56.0 Å². The standard InChI is InChI=1S/C19H24N2O3/c1-12(2)16-8-6-13(3)10-18(16)23-11-19(22)21-20-15(5)17-9-7-14(4)24-17/h6-10,12H,11H2,1-5H3,(H,21,22). The predicted molar refractivity (Wildman–Crippen MR) is 94.6 cm³/mol. The summed E-state index contributed by atoms with van der Waals surface area (Å²) in [5, 5.41) is 4.04. The predicted octanol–water partition coefficient (Wildman–Crippen LogP) is 3.94. The molecule has 0 aliphatic rings. The topological polar surface area (TPSA) is 63.8 Å². The number of benzene rings is 1. The molecule has 0 saturated heterocycles. The van der Waals surface area contributed by atoms with Crippen LogP contribution in [0.4, 0.5) is 0 Å². The first-order valence-corrected chi connectivity index (χ1v) is 8.00. The Balaban J connectivity index is 1.95. The fourth-order valence-corrected chi connectivity index (χ4v) is 2.25. The molecule has 1 heterocycles. The van der Waals surface area contributed by atoms with Crippen molar-refractivity contribution in [3.8, 4) is 5.75 Å². The summed E-state index contributed by atoms with van der Waals surface area (Å²) in [5.74, 6) is 2.19. The molecule has 0 aliphatic carbocycles. The molecule has 5 nitrogen and oxygen atoms in total. The molecule has 2 aromatic rings. The van der Waals surface area contributed by atoms with Gasteiger partial charge < -0.3 is 9.15 Å². The molecule has 0 atom stereocenters. The lowest BCUT2D eigenvalue weighted by atomic mass is 10.0. The largest absolute Gasteiger partial charge is 0.483 e. The lowest BCUT2D eigenvalue weighted by molar-refractivity contribution is -0.123. The van der Waals surface area contributed by atoms with E-state index in [2.05, 4.69) is 24.4 Å². The first-order valence-electron chi connectivity index (χ1n) is 8.00. The van der Waals surface area contributed by atoms with Gasteiger partial charge in [0.05, 0.1) is 0 Å². The summed E-state index contributed by atoms with van der Waals surface area (Å²) < 4.78 is 11.1. The molecule has 128 valence electrons. The SMILES string of the molecule is CC(=NNC(=O)COc1cc(C)ccc1C(C)C)c1ccc(C)o1. The molecule has 1 amide bonds. The highest BCUT2D eigenvalue weighted by Gasteiger charge is 2.10. The number of carbonyl (C=O) groups is 1. The number of nitrogens with one attached hydrogen (secondary N) is 1. The Hall–Kier alpha value is -2.56. The fourth-order valence-electron chi connectivity index (χ4n) is 2.25. The van der Waals surface area contributed by atoms with E-state index in [1.165, 1.54) is 0 Å². The molecule has 0 saturated carbocycles. The van der Waals surface area contributed by atoms with Gasteiger partial charge in [-0.3, -0.25) is 4.79 Å². The Labute approximate surface area is 142 Å². The van der Waals surface area contributed by atoms with E-state index in [-0.39, 0.29) is 12.5 Å². The highest BCUT2D eigenvalue weighted by atomic mass is 16.5. The van der Waals surface area contributed by atoms with E-state index in [4.69, 9.17) is 9.15 Å². The van der Waals surface area contributed by atoms with Crippen LogP contribution < -0.4 is 10.2 Å². The van der Waals surface area contributed by atoms with E-state index in [1.54, 1.807) is 6.92 Å². The molecule has 1 aromatic carbocycles. The Morgan fingerprint density at radius 2 is 2.00 bits per heavy atom. The summed E-state index contributed by atoms with van der Waals surface area (Å²) in [7, 11) is 0. The normalized spacial score (nSPS) is 11.7. The average molecular weight is 328 g/mol. The Morgan fingerprint density at radius 3 is 2.62 bits per heavy atom. The van der Waals surface area contributed by atoms with Crippen molar-refractivity contribution in [3.63, 3.8) is 0 Å². The van der Waals surface area contributed by atoms with Gasteiger partial charge in [-0.15, -0.1) is 0 Å². The van der Waals surface area contributed by atoms with Crippen molar-refractivity contribution < 1.29 is 13.9 Å². The second kappa shape index (κ2) is 7.81. The number of furan rings is 1. The molecule has 0 fully saturated rings. The van der Waals surface area contributed by atoms with E-state index in [9.17, 15) is 4.79 Å². The van der Waals surface area contributed by atoms with Gasteiger partial charge in [-0.2, -0.15) is 5.10 Å². The minimum Gasteiger partial charge on any atom is -0.483 e. The van der Waals surface area contributed by atoms with Crippen LogP contribution in [0.2, 0.25) is 0 Å². The summed E-state index contributed by atoms with van der Waals surface area (Å²) in [6.07, 6.45) is 0. The molecule has 5 heteroatoms. The molecule has 0 aliphatic heterocycles. The minimum atomic E-state index is -0.311. The number of nitrogens with zero attached hydrogens (tertiary/aromatic N) is 1. The molecule has 2 rings (SSSR count). The van der Waals surface area contributed by atoms with Gasteiger partial charge >= 0.3 is 0 Å². The molecule has 1 aromatic heterocycles. The quantitative estimate of drug-likeness (QED) is 0.645. The van der Waals surface area contributed by atoms with Crippen molar-refractivity contribution in [1.82, 2.24) is 5.43 Å². The lowest BCUT2D eigenvalue weighted by Crippen LogP contribution is -2.25. The molecule has 0 unspecified atom stereocenters. The van der Waals surface area contributed by atoms with Crippen LogP contribution in [0.5, 0.6) is 5.75 Å². The number of rotatable bonds is 6. The highest BCUT2D eigenvalue weighted by Crippen LogP contribution is 2.27. The van der Waals surface area contributed by atoms with Crippen LogP contribution in [0.25, 0.3) is 0 Å². The Morgan fingerprint density at radius 1 is 1.25 bits per heavy atom. The van der Waals surface area contributed by atoms with Gasteiger partial charge in [0.2, 0.25) is 0 Å². The number of amides is 1. The fraction of sp³-hybridized carbons (Fsp3) is 0.368. The maximum atomic E-state index is 11.9. The zero-order valence-electron chi connectivity index (χ0n) is 14.8. The number of hydrogen-bond donors (Lipinski definition) is 1. The van der Waals surface area contributed by atoms with E-state index >= 15 is 0 Å². The van der Waals surface area contributed by atoms with Gasteiger partial charge in [0.1, 0.15) is 23.0 Å². The van der Waals surface area contributed by atoms with Crippen LogP contribution in [-0.2, 0) is 4.79 Å². The van der Waals surface area contributed by atoms with Crippen LogP contribution >= 0.6 is 0 Å². The molecule has 0 bridgehead atoms. The summed E-state index contributed by atoms with van der Waals surface area (Å²) in [4.78, 5) is 11.9. The smallest absolute Gasteiger partial charge is 0.277 e. The number of hydrazone groups is 1.